The zero-order chi connectivity index (χ0) is 18.1. The summed E-state index contributed by atoms with van der Waals surface area (Å²) in [6, 6.07) is 0. The van der Waals surface area contributed by atoms with Gasteiger partial charge in [0.15, 0.2) is 9.04 Å². The molecule has 0 radical (unpaired) electrons. The lowest BCUT2D eigenvalue weighted by Gasteiger charge is -2.44. The van der Waals surface area contributed by atoms with Crippen molar-refractivity contribution in [2.75, 3.05) is 6.61 Å². The molecule has 0 bridgehead atoms. The lowest BCUT2D eigenvalue weighted by Crippen LogP contribution is -2.58. The first-order valence-electron chi connectivity index (χ1n) is 8.59. The van der Waals surface area contributed by atoms with E-state index in [4.69, 9.17) is 9.16 Å². The zero-order valence-electron chi connectivity index (χ0n) is 16.0. The summed E-state index contributed by atoms with van der Waals surface area (Å²) in [5, 5.41) is 12.7. The van der Waals surface area contributed by atoms with Crippen LogP contribution in [-0.4, -0.2) is 38.2 Å². The minimum atomic E-state index is -1.40. The van der Waals surface area contributed by atoms with Crippen LogP contribution in [0.15, 0.2) is 0 Å². The molecule has 3 atom stereocenters. The van der Waals surface area contributed by atoms with Gasteiger partial charge in [0.25, 0.3) is 0 Å². The van der Waals surface area contributed by atoms with E-state index in [-0.39, 0.29) is 23.9 Å². The molecule has 1 amide bonds. The van der Waals surface area contributed by atoms with Crippen LogP contribution in [0, 0.1) is 17.3 Å². The number of hydrogen-bond donors (Lipinski definition) is 2. The predicted octanol–water partition coefficient (Wildman–Crippen LogP) is 3.27. The molecule has 0 aromatic heterocycles. The Kier molecular flexibility index (Phi) is 6.32. The third kappa shape index (κ3) is 5.76. The van der Waals surface area contributed by atoms with Crippen molar-refractivity contribution in [1.82, 2.24) is 5.32 Å². The van der Waals surface area contributed by atoms with E-state index in [1.807, 2.05) is 20.8 Å². The summed E-state index contributed by atoms with van der Waals surface area (Å²) in [6.45, 7) is 16.4. The van der Waals surface area contributed by atoms with E-state index in [0.717, 1.165) is 6.42 Å². The van der Waals surface area contributed by atoms with Crippen LogP contribution in [0.4, 0.5) is 4.79 Å². The molecule has 1 aliphatic carbocycles. The number of aliphatic hydroxyl groups is 1. The molecule has 1 saturated carbocycles. The molecule has 5 nitrogen and oxygen atoms in total. The Labute approximate surface area is 142 Å². The van der Waals surface area contributed by atoms with Gasteiger partial charge in [-0.2, -0.15) is 0 Å². The van der Waals surface area contributed by atoms with Crippen molar-refractivity contribution in [2.45, 2.75) is 78.8 Å². The van der Waals surface area contributed by atoms with Crippen molar-refractivity contribution in [3.05, 3.63) is 0 Å². The topological polar surface area (TPSA) is 67.8 Å². The minimum absolute atomic E-state index is 0.0395. The van der Waals surface area contributed by atoms with Crippen LogP contribution in [0.1, 0.15) is 54.4 Å². The molecule has 1 aliphatic rings. The molecule has 0 saturated heterocycles. The van der Waals surface area contributed by atoms with Crippen molar-refractivity contribution in [1.29, 1.82) is 0 Å². The van der Waals surface area contributed by atoms with Crippen LogP contribution in [0.2, 0.25) is 13.1 Å². The average Bonchev–Trinajstić information content (AvgIpc) is 2.63. The first-order chi connectivity index (χ1) is 10.3. The number of ether oxygens (including phenoxy) is 1. The van der Waals surface area contributed by atoms with Crippen molar-refractivity contribution >= 4 is 15.1 Å². The number of rotatable bonds is 4. The van der Waals surface area contributed by atoms with Gasteiger partial charge >= 0.3 is 6.09 Å². The van der Waals surface area contributed by atoms with E-state index in [9.17, 15) is 9.90 Å². The average molecular weight is 346 g/mol. The molecule has 0 aliphatic heterocycles. The molecule has 1 fully saturated rings. The number of aliphatic hydroxyl groups excluding tert-OH is 1. The fraction of sp³-hybridized carbons (Fsp3) is 0.941. The summed E-state index contributed by atoms with van der Waals surface area (Å²) in [5.41, 5.74) is -1.33. The van der Waals surface area contributed by atoms with Gasteiger partial charge in [-0.3, -0.25) is 5.32 Å². The van der Waals surface area contributed by atoms with Gasteiger partial charge in [0.05, 0.1) is 0 Å². The second kappa shape index (κ2) is 7.11. The molecule has 1 rings (SSSR count). The van der Waals surface area contributed by atoms with Gasteiger partial charge in [0.1, 0.15) is 11.3 Å². The Morgan fingerprint density at radius 1 is 1.26 bits per heavy atom. The predicted molar refractivity (Wildman–Crippen MR) is 94.8 cm³/mol. The summed E-state index contributed by atoms with van der Waals surface area (Å²) in [6.07, 6.45) is 1.03. The Morgan fingerprint density at radius 3 is 2.22 bits per heavy atom. The fourth-order valence-electron chi connectivity index (χ4n) is 3.57. The normalized spacial score (nSPS) is 29.0. The molecule has 0 aromatic rings. The third-order valence-corrected chi connectivity index (χ3v) is 5.08. The van der Waals surface area contributed by atoms with Gasteiger partial charge in [-0.05, 0) is 58.0 Å². The maximum atomic E-state index is 12.4. The van der Waals surface area contributed by atoms with Crippen LogP contribution < -0.4 is 5.32 Å². The molecule has 2 N–H and O–H groups in total. The quantitative estimate of drug-likeness (QED) is 0.606. The van der Waals surface area contributed by atoms with E-state index < -0.39 is 26.5 Å². The second-order valence-corrected chi connectivity index (χ2v) is 11.4. The zero-order valence-corrected chi connectivity index (χ0v) is 17.2. The Bertz CT molecular complexity index is 414. The highest BCUT2D eigenvalue weighted by Gasteiger charge is 2.54. The second-order valence-electron chi connectivity index (χ2n) is 9.09. The van der Waals surface area contributed by atoms with Gasteiger partial charge in [-0.15, -0.1) is 0 Å². The fourth-order valence-corrected chi connectivity index (χ4v) is 4.73. The highest BCUT2D eigenvalue weighted by atomic mass is 28.3. The van der Waals surface area contributed by atoms with E-state index in [1.54, 1.807) is 0 Å². The first-order valence-corrected chi connectivity index (χ1v) is 11.4. The Morgan fingerprint density at radius 2 is 1.83 bits per heavy atom. The summed E-state index contributed by atoms with van der Waals surface area (Å²) in [4.78, 5) is 12.4. The monoisotopic (exact) mass is 345 g/mol. The maximum absolute atomic E-state index is 12.4. The number of amides is 1. The van der Waals surface area contributed by atoms with Gasteiger partial charge < -0.3 is 14.3 Å². The Hall–Kier alpha value is -0.593. The summed E-state index contributed by atoms with van der Waals surface area (Å²) < 4.78 is 11.8. The van der Waals surface area contributed by atoms with E-state index >= 15 is 0 Å². The minimum Gasteiger partial charge on any atom is -0.444 e. The number of alkyl carbamates (subject to hydrolysis) is 1. The maximum Gasteiger partial charge on any atom is 0.409 e. The SMILES string of the molecule is C[SiH](C)O[C@]1(NC(=O)OC(C)(C)C)C[C@@H](CO)C[C@H]1C(C)(C)C. The van der Waals surface area contributed by atoms with Crippen molar-refractivity contribution in [2.24, 2.45) is 17.3 Å². The lowest BCUT2D eigenvalue weighted by atomic mass is 9.75. The number of nitrogens with one attached hydrogen (secondary N) is 1. The van der Waals surface area contributed by atoms with Crippen molar-refractivity contribution in [3.63, 3.8) is 0 Å². The number of hydrogen-bond acceptors (Lipinski definition) is 4. The van der Waals surface area contributed by atoms with Gasteiger partial charge in [0, 0.05) is 12.5 Å². The van der Waals surface area contributed by atoms with Gasteiger partial charge in [-0.25, -0.2) is 4.79 Å². The van der Waals surface area contributed by atoms with E-state index in [0.29, 0.717) is 6.42 Å². The van der Waals surface area contributed by atoms with Crippen LogP contribution in [0.25, 0.3) is 0 Å². The number of carbonyl (C=O) groups is 1. The molecule has 0 unspecified atom stereocenters. The van der Waals surface area contributed by atoms with Crippen LogP contribution in [0.5, 0.6) is 0 Å². The summed E-state index contributed by atoms with van der Waals surface area (Å²) in [7, 11) is -1.40. The molecule has 136 valence electrons. The van der Waals surface area contributed by atoms with Crippen LogP contribution in [-0.2, 0) is 9.16 Å². The highest BCUT2D eigenvalue weighted by Crippen LogP contribution is 2.49. The summed E-state index contributed by atoms with van der Waals surface area (Å²) in [5.74, 6) is 0.275. The standard InChI is InChI=1S/C17H35NO4Si/c1-15(2,3)13-9-12(11-19)10-17(13,22-23(7)8)18-14(20)21-16(4,5)6/h12-13,19,23H,9-11H2,1-8H3,(H,18,20)/t12-,13-,17+/m0/s1. The lowest BCUT2D eigenvalue weighted by molar-refractivity contribution is -0.0529. The molecular formula is C17H35NO4Si. The summed E-state index contributed by atoms with van der Waals surface area (Å²) >= 11 is 0. The van der Waals surface area contributed by atoms with Crippen molar-refractivity contribution < 1.29 is 19.1 Å². The van der Waals surface area contributed by atoms with Gasteiger partial charge in [0.2, 0.25) is 0 Å². The molecular weight excluding hydrogens is 310 g/mol. The van der Waals surface area contributed by atoms with Crippen LogP contribution in [0.3, 0.4) is 0 Å². The van der Waals surface area contributed by atoms with E-state index in [2.05, 4.69) is 39.2 Å². The van der Waals surface area contributed by atoms with Gasteiger partial charge in [-0.1, -0.05) is 20.8 Å². The molecule has 0 aromatic carbocycles. The number of carbonyl (C=O) groups excluding carboxylic acids is 1. The van der Waals surface area contributed by atoms with Crippen LogP contribution >= 0.6 is 0 Å². The molecule has 23 heavy (non-hydrogen) atoms. The van der Waals surface area contributed by atoms with Crippen molar-refractivity contribution in [3.8, 4) is 0 Å². The highest BCUT2D eigenvalue weighted by molar-refractivity contribution is 6.48. The smallest absolute Gasteiger partial charge is 0.409 e. The Balaban J connectivity index is 3.10. The molecule has 0 spiro atoms. The first kappa shape index (κ1) is 20.5. The molecule has 0 heterocycles. The largest absolute Gasteiger partial charge is 0.444 e. The van der Waals surface area contributed by atoms with E-state index in [1.165, 1.54) is 0 Å². The third-order valence-electron chi connectivity index (χ3n) is 4.19. The molecule has 6 heteroatoms.